The zero-order valence-electron chi connectivity index (χ0n) is 15.9. The Labute approximate surface area is 167 Å². The smallest absolute Gasteiger partial charge is 0.326 e. The Hall–Kier alpha value is -3.47. The summed E-state index contributed by atoms with van der Waals surface area (Å²) in [6, 6.07) is 5.24. The van der Waals surface area contributed by atoms with E-state index in [4.69, 9.17) is 16.6 Å². The van der Waals surface area contributed by atoms with Crippen LogP contribution < -0.4 is 27.4 Å². The molecule has 0 saturated carbocycles. The molecule has 8 N–H and O–H groups in total. The lowest BCUT2D eigenvalue weighted by atomic mass is 10.0. The van der Waals surface area contributed by atoms with E-state index in [-0.39, 0.29) is 13.0 Å². The van der Waals surface area contributed by atoms with Crippen LogP contribution in [0.5, 0.6) is 0 Å². The molecule has 29 heavy (non-hydrogen) atoms. The number of benzene rings is 1. The number of nitrogens with one attached hydrogen (secondary N) is 3. The first-order chi connectivity index (χ1) is 13.6. The van der Waals surface area contributed by atoms with E-state index in [9.17, 15) is 24.0 Å². The molecule has 0 unspecified atom stereocenters. The number of hydrogen-bond acceptors (Lipinski definition) is 6. The molecule has 0 fully saturated rings. The number of carbonyl (C=O) groups is 5. The number of primary amides is 1. The average molecular weight is 407 g/mol. The van der Waals surface area contributed by atoms with Gasteiger partial charge in [-0.05, 0) is 12.5 Å². The van der Waals surface area contributed by atoms with Crippen LogP contribution in [-0.4, -0.2) is 59.4 Å². The summed E-state index contributed by atoms with van der Waals surface area (Å²) in [5, 5.41) is 16.1. The molecule has 0 radical (unpaired) electrons. The molecule has 3 atom stereocenters. The highest BCUT2D eigenvalue weighted by molar-refractivity contribution is 5.94. The number of nitrogens with two attached hydrogens (primary N) is 2. The van der Waals surface area contributed by atoms with Crippen molar-refractivity contribution in [2.75, 3.05) is 6.54 Å². The van der Waals surface area contributed by atoms with E-state index < -0.39 is 54.1 Å². The summed E-state index contributed by atoms with van der Waals surface area (Å²) < 4.78 is 0. The van der Waals surface area contributed by atoms with Crippen molar-refractivity contribution in [2.45, 2.75) is 37.9 Å². The van der Waals surface area contributed by atoms with E-state index in [1.165, 1.54) is 6.92 Å². The molecule has 0 aliphatic rings. The summed E-state index contributed by atoms with van der Waals surface area (Å²) in [7, 11) is 0. The van der Waals surface area contributed by atoms with Crippen molar-refractivity contribution >= 4 is 29.6 Å². The van der Waals surface area contributed by atoms with Gasteiger partial charge < -0.3 is 32.5 Å². The summed E-state index contributed by atoms with van der Waals surface area (Å²) in [6.45, 7) is 1.02. The fourth-order valence-corrected chi connectivity index (χ4v) is 2.39. The van der Waals surface area contributed by atoms with E-state index >= 15 is 0 Å². The minimum absolute atomic E-state index is 0.159. The van der Waals surface area contributed by atoms with E-state index in [2.05, 4.69) is 16.0 Å². The molecule has 0 aliphatic heterocycles. The number of carbonyl (C=O) groups excluding carboxylic acids is 4. The van der Waals surface area contributed by atoms with Crippen LogP contribution in [0.2, 0.25) is 0 Å². The minimum atomic E-state index is -1.52. The first kappa shape index (κ1) is 23.6. The predicted octanol–water partition coefficient (Wildman–Crippen LogP) is -2.38. The summed E-state index contributed by atoms with van der Waals surface area (Å²) >= 11 is 0. The molecule has 0 heterocycles. The molecule has 0 saturated heterocycles. The van der Waals surface area contributed by atoms with Crippen molar-refractivity contribution in [3.05, 3.63) is 35.9 Å². The van der Waals surface area contributed by atoms with Gasteiger partial charge in [0.15, 0.2) is 0 Å². The molecule has 1 aromatic rings. The molecular weight excluding hydrogens is 382 g/mol. The monoisotopic (exact) mass is 407 g/mol. The van der Waals surface area contributed by atoms with Crippen LogP contribution in [-0.2, 0) is 30.4 Å². The Kier molecular flexibility index (Phi) is 9.26. The fourth-order valence-electron chi connectivity index (χ4n) is 2.39. The standard InChI is InChI=1S/C18H25N5O6/c1-10(16(26)23-13(18(28)29)8-14(20)24)21-17(27)12(22-15(25)9-19)7-11-5-3-2-4-6-11/h2-6,10,12-13H,7-9,19H2,1H3,(H2,20,24)(H,21,27)(H,22,25)(H,23,26)(H,28,29)/t10-,12-,13-/m0/s1. The molecule has 1 rings (SSSR count). The van der Waals surface area contributed by atoms with E-state index in [1.807, 2.05) is 0 Å². The second kappa shape index (κ2) is 11.4. The molecule has 158 valence electrons. The van der Waals surface area contributed by atoms with Crippen LogP contribution in [0.25, 0.3) is 0 Å². The third kappa shape index (κ3) is 8.39. The third-order valence-electron chi connectivity index (χ3n) is 3.89. The van der Waals surface area contributed by atoms with Crippen molar-refractivity contribution < 1.29 is 29.1 Å². The summed E-state index contributed by atoms with van der Waals surface area (Å²) in [4.78, 5) is 58.5. The first-order valence-electron chi connectivity index (χ1n) is 8.79. The average Bonchev–Trinajstić information content (AvgIpc) is 2.66. The largest absolute Gasteiger partial charge is 0.480 e. The highest BCUT2D eigenvalue weighted by atomic mass is 16.4. The van der Waals surface area contributed by atoms with Gasteiger partial charge in [-0.2, -0.15) is 0 Å². The van der Waals surface area contributed by atoms with Crippen molar-refractivity contribution in [1.82, 2.24) is 16.0 Å². The Balaban J connectivity index is 2.80. The van der Waals surface area contributed by atoms with Gasteiger partial charge in [0.2, 0.25) is 23.6 Å². The number of carboxylic acid groups (broad SMARTS) is 1. The maximum Gasteiger partial charge on any atom is 0.326 e. The van der Waals surface area contributed by atoms with Gasteiger partial charge in [-0.1, -0.05) is 30.3 Å². The van der Waals surface area contributed by atoms with E-state index in [1.54, 1.807) is 30.3 Å². The van der Waals surface area contributed by atoms with Gasteiger partial charge in [0, 0.05) is 6.42 Å². The SMILES string of the molecule is C[C@H](NC(=O)[C@H](Cc1ccccc1)NC(=O)CN)C(=O)N[C@@H](CC(N)=O)C(=O)O. The second-order valence-electron chi connectivity index (χ2n) is 6.31. The Morgan fingerprint density at radius 3 is 2.10 bits per heavy atom. The highest BCUT2D eigenvalue weighted by Crippen LogP contribution is 2.04. The Bertz CT molecular complexity index is 754. The quantitative estimate of drug-likeness (QED) is 0.236. The van der Waals surface area contributed by atoms with Gasteiger partial charge in [0.05, 0.1) is 13.0 Å². The fraction of sp³-hybridized carbons (Fsp3) is 0.389. The predicted molar refractivity (Wildman–Crippen MR) is 102 cm³/mol. The van der Waals surface area contributed by atoms with Gasteiger partial charge in [0.1, 0.15) is 18.1 Å². The molecule has 11 heteroatoms. The van der Waals surface area contributed by atoms with E-state index in [0.29, 0.717) is 0 Å². The van der Waals surface area contributed by atoms with Crippen molar-refractivity contribution in [2.24, 2.45) is 11.5 Å². The normalized spacial score (nSPS) is 13.4. The minimum Gasteiger partial charge on any atom is -0.480 e. The van der Waals surface area contributed by atoms with Crippen molar-refractivity contribution in [1.29, 1.82) is 0 Å². The number of rotatable bonds is 11. The molecule has 0 aromatic heterocycles. The van der Waals surface area contributed by atoms with Gasteiger partial charge in [-0.3, -0.25) is 19.2 Å². The summed E-state index contributed by atoms with van der Waals surface area (Å²) in [6.07, 6.45) is -0.433. The van der Waals surface area contributed by atoms with Crippen LogP contribution >= 0.6 is 0 Å². The molecule has 0 bridgehead atoms. The molecular formula is C18H25N5O6. The molecule has 0 aliphatic carbocycles. The second-order valence-corrected chi connectivity index (χ2v) is 6.31. The summed E-state index contributed by atoms with van der Waals surface area (Å²) in [5.41, 5.74) is 11.0. The molecule has 1 aromatic carbocycles. The zero-order chi connectivity index (χ0) is 22.0. The highest BCUT2D eigenvalue weighted by Gasteiger charge is 2.28. The lowest BCUT2D eigenvalue weighted by molar-refractivity contribution is -0.143. The maximum atomic E-state index is 12.6. The lowest BCUT2D eigenvalue weighted by Gasteiger charge is -2.22. The summed E-state index contributed by atoms with van der Waals surface area (Å²) in [5.74, 6) is -4.36. The van der Waals surface area contributed by atoms with Crippen LogP contribution in [0.1, 0.15) is 18.9 Å². The van der Waals surface area contributed by atoms with Crippen molar-refractivity contribution in [3.63, 3.8) is 0 Å². The number of aliphatic carboxylic acids is 1. The topological polar surface area (TPSA) is 194 Å². The Morgan fingerprint density at radius 1 is 0.966 bits per heavy atom. The Morgan fingerprint density at radius 2 is 1.59 bits per heavy atom. The zero-order valence-corrected chi connectivity index (χ0v) is 15.9. The lowest BCUT2D eigenvalue weighted by Crippen LogP contribution is -2.56. The molecule has 4 amide bonds. The van der Waals surface area contributed by atoms with Gasteiger partial charge in [0.25, 0.3) is 0 Å². The van der Waals surface area contributed by atoms with Gasteiger partial charge >= 0.3 is 5.97 Å². The van der Waals surface area contributed by atoms with Crippen LogP contribution in [0.15, 0.2) is 30.3 Å². The number of hydrogen-bond donors (Lipinski definition) is 6. The van der Waals surface area contributed by atoms with Crippen LogP contribution in [0.3, 0.4) is 0 Å². The third-order valence-corrected chi connectivity index (χ3v) is 3.89. The number of amides is 4. The van der Waals surface area contributed by atoms with Gasteiger partial charge in [-0.15, -0.1) is 0 Å². The van der Waals surface area contributed by atoms with Crippen LogP contribution in [0, 0.1) is 0 Å². The first-order valence-corrected chi connectivity index (χ1v) is 8.79. The molecule has 0 spiro atoms. The van der Waals surface area contributed by atoms with E-state index in [0.717, 1.165) is 5.56 Å². The van der Waals surface area contributed by atoms with Crippen molar-refractivity contribution in [3.8, 4) is 0 Å². The van der Waals surface area contributed by atoms with Crippen LogP contribution in [0.4, 0.5) is 0 Å². The molecule has 11 nitrogen and oxygen atoms in total. The maximum absolute atomic E-state index is 12.6. The van der Waals surface area contributed by atoms with Gasteiger partial charge in [-0.25, -0.2) is 4.79 Å². The number of carboxylic acids is 1.